The van der Waals surface area contributed by atoms with Crippen LogP contribution in [0.5, 0.6) is 0 Å². The highest BCUT2D eigenvalue weighted by Gasteiger charge is 2.16. The van der Waals surface area contributed by atoms with Crippen LogP contribution in [-0.4, -0.2) is 15.3 Å². The van der Waals surface area contributed by atoms with Crippen LogP contribution in [0.4, 0.5) is 4.39 Å². The maximum absolute atomic E-state index is 14.3. The monoisotopic (exact) mass is 448 g/mol. The second kappa shape index (κ2) is 7.74. The van der Waals surface area contributed by atoms with Gasteiger partial charge in [0.2, 0.25) is 0 Å². The molecular formula is C20H15BrClFN2O2. The van der Waals surface area contributed by atoms with Crippen molar-refractivity contribution in [2.45, 2.75) is 20.3 Å². The Bertz CT molecular complexity index is 1150. The number of fused-ring (bicyclic) bond motifs is 1. The number of allylic oxidation sites excluding steroid dienone is 1. The molecule has 0 atom stereocenters. The number of halogens is 3. The van der Waals surface area contributed by atoms with Crippen LogP contribution >= 0.6 is 27.5 Å². The van der Waals surface area contributed by atoms with E-state index in [0.29, 0.717) is 27.4 Å². The molecule has 2 aromatic carbocycles. The predicted molar refractivity (Wildman–Crippen MR) is 109 cm³/mol. The summed E-state index contributed by atoms with van der Waals surface area (Å²) >= 11 is 9.43. The van der Waals surface area contributed by atoms with Gasteiger partial charge in [-0.05, 0) is 59.3 Å². The molecule has 4 nitrogen and oxygen atoms in total. The Balaban J connectivity index is 2.34. The Morgan fingerprint density at radius 3 is 2.70 bits per heavy atom. The summed E-state index contributed by atoms with van der Waals surface area (Å²) in [4.78, 5) is 28.8. The third-order valence-electron chi connectivity index (χ3n) is 4.02. The van der Waals surface area contributed by atoms with Crippen LogP contribution in [0.15, 0.2) is 45.7 Å². The van der Waals surface area contributed by atoms with E-state index in [-0.39, 0.29) is 27.8 Å². The van der Waals surface area contributed by atoms with Gasteiger partial charge in [0, 0.05) is 27.5 Å². The van der Waals surface area contributed by atoms with Crippen LogP contribution < -0.4 is 5.56 Å². The SMILES string of the molecule is CCc1nc2cc(F)c(/C=C/C(C)=O)cc2c(=O)n1-c1ccc(Cl)cc1Br. The Morgan fingerprint density at radius 2 is 2.07 bits per heavy atom. The van der Waals surface area contributed by atoms with Crippen LogP contribution in [0.2, 0.25) is 5.02 Å². The number of hydrogen-bond acceptors (Lipinski definition) is 3. The molecule has 0 amide bonds. The molecule has 0 saturated heterocycles. The number of benzene rings is 2. The van der Waals surface area contributed by atoms with Crippen molar-refractivity contribution in [2.24, 2.45) is 0 Å². The van der Waals surface area contributed by atoms with Crippen molar-refractivity contribution >= 4 is 50.3 Å². The van der Waals surface area contributed by atoms with Crippen molar-refractivity contribution in [1.82, 2.24) is 9.55 Å². The zero-order chi connectivity index (χ0) is 19.7. The molecule has 138 valence electrons. The molecule has 0 N–H and O–H groups in total. The summed E-state index contributed by atoms with van der Waals surface area (Å²) in [6.07, 6.45) is 3.09. The number of hydrogen-bond donors (Lipinski definition) is 0. The molecule has 0 spiro atoms. The molecule has 0 saturated carbocycles. The molecule has 1 heterocycles. The van der Waals surface area contributed by atoms with E-state index in [1.165, 1.54) is 35.8 Å². The molecule has 0 aliphatic carbocycles. The summed E-state index contributed by atoms with van der Waals surface area (Å²) in [6.45, 7) is 3.24. The van der Waals surface area contributed by atoms with Crippen LogP contribution in [0, 0.1) is 5.82 Å². The van der Waals surface area contributed by atoms with E-state index in [1.54, 1.807) is 18.2 Å². The van der Waals surface area contributed by atoms with Crippen molar-refractivity contribution in [3.8, 4) is 5.69 Å². The molecule has 0 radical (unpaired) electrons. The molecule has 1 aromatic heterocycles. The first-order valence-electron chi connectivity index (χ1n) is 8.21. The van der Waals surface area contributed by atoms with Crippen molar-refractivity contribution < 1.29 is 9.18 Å². The first-order valence-corrected chi connectivity index (χ1v) is 9.38. The van der Waals surface area contributed by atoms with E-state index in [9.17, 15) is 14.0 Å². The largest absolute Gasteiger partial charge is 0.295 e. The highest BCUT2D eigenvalue weighted by Crippen LogP contribution is 2.26. The first kappa shape index (κ1) is 19.5. The van der Waals surface area contributed by atoms with Crippen molar-refractivity contribution in [1.29, 1.82) is 0 Å². The second-order valence-electron chi connectivity index (χ2n) is 5.95. The molecule has 0 aliphatic rings. The zero-order valence-electron chi connectivity index (χ0n) is 14.6. The van der Waals surface area contributed by atoms with Gasteiger partial charge in [-0.15, -0.1) is 0 Å². The van der Waals surface area contributed by atoms with Crippen LogP contribution in [0.3, 0.4) is 0 Å². The lowest BCUT2D eigenvalue weighted by Crippen LogP contribution is -2.24. The molecule has 3 aromatic rings. The molecular weight excluding hydrogens is 435 g/mol. The predicted octanol–water partition coefficient (Wildman–Crippen LogP) is 5.11. The van der Waals surface area contributed by atoms with Gasteiger partial charge in [0.1, 0.15) is 11.6 Å². The zero-order valence-corrected chi connectivity index (χ0v) is 16.9. The number of carbonyl (C=O) groups is 1. The lowest BCUT2D eigenvalue weighted by molar-refractivity contribution is -0.112. The molecule has 7 heteroatoms. The van der Waals surface area contributed by atoms with Crippen LogP contribution in [0.25, 0.3) is 22.7 Å². The van der Waals surface area contributed by atoms with Crippen LogP contribution in [-0.2, 0) is 11.2 Å². The van der Waals surface area contributed by atoms with Gasteiger partial charge < -0.3 is 0 Å². The molecule has 27 heavy (non-hydrogen) atoms. The molecule has 0 unspecified atom stereocenters. The van der Waals surface area contributed by atoms with E-state index >= 15 is 0 Å². The summed E-state index contributed by atoms with van der Waals surface area (Å²) in [5, 5.41) is 0.794. The van der Waals surface area contributed by atoms with Gasteiger partial charge in [-0.2, -0.15) is 0 Å². The third-order valence-corrected chi connectivity index (χ3v) is 4.89. The Morgan fingerprint density at radius 1 is 1.33 bits per heavy atom. The quantitative estimate of drug-likeness (QED) is 0.520. The topological polar surface area (TPSA) is 52.0 Å². The summed E-state index contributed by atoms with van der Waals surface area (Å²) in [5.41, 5.74) is 0.705. The maximum atomic E-state index is 14.3. The minimum atomic E-state index is -0.542. The third kappa shape index (κ3) is 3.87. The van der Waals surface area contributed by atoms with Crippen LogP contribution in [0.1, 0.15) is 25.2 Å². The molecule has 3 rings (SSSR count). The van der Waals surface area contributed by atoms with E-state index in [1.807, 2.05) is 6.92 Å². The normalized spacial score (nSPS) is 11.4. The maximum Gasteiger partial charge on any atom is 0.266 e. The lowest BCUT2D eigenvalue weighted by Gasteiger charge is -2.14. The Kier molecular flexibility index (Phi) is 5.58. The minimum absolute atomic E-state index is 0.155. The number of ketones is 1. The Hall–Kier alpha value is -2.31. The smallest absolute Gasteiger partial charge is 0.266 e. The summed E-state index contributed by atoms with van der Waals surface area (Å²) < 4.78 is 16.5. The van der Waals surface area contributed by atoms with Gasteiger partial charge in [-0.25, -0.2) is 9.37 Å². The summed E-state index contributed by atoms with van der Waals surface area (Å²) in [6, 6.07) is 7.73. The van der Waals surface area contributed by atoms with Gasteiger partial charge in [-0.1, -0.05) is 18.5 Å². The number of aromatic nitrogens is 2. The average molecular weight is 450 g/mol. The number of aryl methyl sites for hydroxylation is 1. The van der Waals surface area contributed by atoms with Crippen molar-refractivity contribution in [2.75, 3.05) is 0 Å². The van der Waals surface area contributed by atoms with E-state index < -0.39 is 5.82 Å². The average Bonchev–Trinajstić information content (AvgIpc) is 2.61. The number of nitrogens with zero attached hydrogens (tertiary/aromatic N) is 2. The highest BCUT2D eigenvalue weighted by molar-refractivity contribution is 9.10. The van der Waals surface area contributed by atoms with E-state index in [4.69, 9.17) is 11.6 Å². The number of rotatable bonds is 4. The van der Waals surface area contributed by atoms with Gasteiger partial charge in [0.15, 0.2) is 5.78 Å². The fourth-order valence-electron chi connectivity index (χ4n) is 2.75. The minimum Gasteiger partial charge on any atom is -0.295 e. The Labute approximate surface area is 168 Å². The standard InChI is InChI=1S/C20H15BrClFN2O2/c1-3-19-24-17-10-16(23)12(5-4-11(2)26)8-14(17)20(27)25(19)18-7-6-13(22)9-15(18)21/h4-10H,3H2,1-2H3/b5-4+. The molecule has 0 bridgehead atoms. The van der Waals surface area contributed by atoms with E-state index in [0.717, 1.165) is 0 Å². The van der Waals surface area contributed by atoms with Crippen molar-refractivity contribution in [3.63, 3.8) is 0 Å². The van der Waals surface area contributed by atoms with Gasteiger partial charge in [0.25, 0.3) is 5.56 Å². The van der Waals surface area contributed by atoms with Gasteiger partial charge in [0.05, 0.1) is 16.6 Å². The summed E-state index contributed by atoms with van der Waals surface area (Å²) in [7, 11) is 0. The lowest BCUT2D eigenvalue weighted by atomic mass is 10.1. The second-order valence-corrected chi connectivity index (χ2v) is 7.24. The molecule has 0 aliphatic heterocycles. The van der Waals surface area contributed by atoms with Crippen molar-refractivity contribution in [3.05, 3.63) is 73.5 Å². The fourth-order valence-corrected chi connectivity index (χ4v) is 3.61. The number of carbonyl (C=O) groups excluding carboxylic acids is 1. The van der Waals surface area contributed by atoms with Gasteiger partial charge >= 0.3 is 0 Å². The highest BCUT2D eigenvalue weighted by atomic mass is 79.9. The van der Waals surface area contributed by atoms with Gasteiger partial charge in [-0.3, -0.25) is 14.2 Å². The van der Waals surface area contributed by atoms with E-state index in [2.05, 4.69) is 20.9 Å². The molecule has 0 fully saturated rings. The first-order chi connectivity index (χ1) is 12.8. The summed E-state index contributed by atoms with van der Waals surface area (Å²) in [5.74, 6) is -0.252. The fraction of sp³-hybridized carbons (Fsp3) is 0.150.